The normalized spacial score (nSPS) is 24.4. The second-order valence-electron chi connectivity index (χ2n) is 5.48. The molecule has 1 saturated heterocycles. The van der Waals surface area contributed by atoms with E-state index in [9.17, 15) is 0 Å². The fraction of sp³-hybridized carbons (Fsp3) is 1.00. The first-order chi connectivity index (χ1) is 6.51. The molecule has 0 amide bonds. The molecule has 1 fully saturated rings. The molecule has 84 valence electrons. The van der Waals surface area contributed by atoms with E-state index in [1.165, 1.54) is 38.9 Å². The average molecular weight is 198 g/mol. The Hall–Kier alpha value is -0.0800. The highest BCUT2D eigenvalue weighted by atomic mass is 15.1. The van der Waals surface area contributed by atoms with Crippen molar-refractivity contribution in [3.8, 4) is 0 Å². The van der Waals surface area contributed by atoms with Gasteiger partial charge < -0.3 is 10.6 Å². The largest absolute Gasteiger partial charge is 0.326 e. The van der Waals surface area contributed by atoms with Crippen LogP contribution in [-0.4, -0.2) is 30.1 Å². The van der Waals surface area contributed by atoms with Crippen molar-refractivity contribution in [2.45, 2.75) is 52.0 Å². The molecule has 0 aromatic heterocycles. The topological polar surface area (TPSA) is 29.3 Å². The lowest BCUT2D eigenvalue weighted by Gasteiger charge is -2.23. The van der Waals surface area contributed by atoms with Gasteiger partial charge in [-0.1, -0.05) is 13.3 Å². The molecule has 1 aliphatic rings. The maximum Gasteiger partial charge on any atom is 0.0109 e. The van der Waals surface area contributed by atoms with Crippen molar-refractivity contribution in [3.63, 3.8) is 0 Å². The minimum absolute atomic E-state index is 0.00282. The van der Waals surface area contributed by atoms with Gasteiger partial charge in [0.2, 0.25) is 0 Å². The van der Waals surface area contributed by atoms with Crippen molar-refractivity contribution in [2.24, 2.45) is 11.7 Å². The fourth-order valence-corrected chi connectivity index (χ4v) is 2.21. The first kappa shape index (κ1) is 12.0. The number of hydrogen-bond acceptors (Lipinski definition) is 2. The van der Waals surface area contributed by atoms with Gasteiger partial charge in [-0.05, 0) is 52.1 Å². The summed E-state index contributed by atoms with van der Waals surface area (Å²) >= 11 is 0. The molecule has 14 heavy (non-hydrogen) atoms. The second-order valence-corrected chi connectivity index (χ2v) is 5.48. The second kappa shape index (κ2) is 5.13. The lowest BCUT2D eigenvalue weighted by molar-refractivity contribution is 0.285. The monoisotopic (exact) mass is 198 g/mol. The van der Waals surface area contributed by atoms with Crippen molar-refractivity contribution < 1.29 is 0 Å². The summed E-state index contributed by atoms with van der Waals surface area (Å²) in [4.78, 5) is 2.58. The van der Waals surface area contributed by atoms with Gasteiger partial charge in [0.05, 0.1) is 0 Å². The molecular formula is C12H26N2. The van der Waals surface area contributed by atoms with Gasteiger partial charge in [0, 0.05) is 12.1 Å². The third-order valence-corrected chi connectivity index (χ3v) is 3.14. The zero-order valence-corrected chi connectivity index (χ0v) is 10.1. The predicted molar refractivity (Wildman–Crippen MR) is 62.3 cm³/mol. The minimum atomic E-state index is 0.00282. The first-order valence-corrected chi connectivity index (χ1v) is 6.02. The number of rotatable bonds is 5. The van der Waals surface area contributed by atoms with Crippen LogP contribution in [0.3, 0.4) is 0 Å². The molecule has 0 saturated carbocycles. The van der Waals surface area contributed by atoms with Crippen LogP contribution >= 0.6 is 0 Å². The quantitative estimate of drug-likeness (QED) is 0.734. The summed E-state index contributed by atoms with van der Waals surface area (Å²) in [5.41, 5.74) is 5.98. The molecule has 1 atom stereocenters. The van der Waals surface area contributed by atoms with E-state index in [2.05, 4.69) is 25.7 Å². The van der Waals surface area contributed by atoms with Crippen LogP contribution in [0, 0.1) is 5.92 Å². The Morgan fingerprint density at radius 2 is 2.14 bits per heavy atom. The Labute approximate surface area is 88.8 Å². The summed E-state index contributed by atoms with van der Waals surface area (Å²) < 4.78 is 0. The van der Waals surface area contributed by atoms with E-state index in [0.717, 1.165) is 12.3 Å². The highest BCUT2D eigenvalue weighted by Crippen LogP contribution is 2.21. The van der Waals surface area contributed by atoms with Gasteiger partial charge in [0.1, 0.15) is 0 Å². The summed E-state index contributed by atoms with van der Waals surface area (Å²) in [6, 6.07) is 0. The third kappa shape index (κ3) is 4.43. The molecular weight excluding hydrogens is 172 g/mol. The molecule has 0 aromatic rings. The maximum absolute atomic E-state index is 5.98. The minimum Gasteiger partial charge on any atom is -0.326 e. The Balaban J connectivity index is 2.16. The van der Waals surface area contributed by atoms with Crippen LogP contribution in [0.1, 0.15) is 46.5 Å². The van der Waals surface area contributed by atoms with Crippen LogP contribution in [0.4, 0.5) is 0 Å². The molecule has 0 spiro atoms. The Bertz CT molecular complexity index is 160. The van der Waals surface area contributed by atoms with Crippen molar-refractivity contribution >= 4 is 0 Å². The third-order valence-electron chi connectivity index (χ3n) is 3.14. The highest BCUT2D eigenvalue weighted by molar-refractivity contribution is 4.79. The van der Waals surface area contributed by atoms with Gasteiger partial charge >= 0.3 is 0 Å². The zero-order valence-electron chi connectivity index (χ0n) is 10.1. The fourth-order valence-electron chi connectivity index (χ4n) is 2.21. The molecule has 2 heteroatoms. The van der Waals surface area contributed by atoms with Crippen molar-refractivity contribution in [2.75, 3.05) is 19.6 Å². The Morgan fingerprint density at radius 3 is 2.71 bits per heavy atom. The molecule has 0 bridgehead atoms. The maximum atomic E-state index is 5.98. The highest BCUT2D eigenvalue weighted by Gasteiger charge is 2.22. The van der Waals surface area contributed by atoms with Gasteiger partial charge in [-0.15, -0.1) is 0 Å². The van der Waals surface area contributed by atoms with Crippen LogP contribution in [0.15, 0.2) is 0 Å². The van der Waals surface area contributed by atoms with E-state index in [1.807, 2.05) is 0 Å². The van der Waals surface area contributed by atoms with E-state index in [0.29, 0.717) is 0 Å². The summed E-state index contributed by atoms with van der Waals surface area (Å²) in [6.07, 6.45) is 5.26. The number of nitrogens with two attached hydrogens (primary N) is 1. The molecule has 0 aliphatic carbocycles. The van der Waals surface area contributed by atoms with Crippen LogP contribution in [0.25, 0.3) is 0 Å². The summed E-state index contributed by atoms with van der Waals surface area (Å²) in [5.74, 6) is 0.959. The lowest BCUT2D eigenvalue weighted by atomic mass is 10.0. The van der Waals surface area contributed by atoms with Gasteiger partial charge in [0.25, 0.3) is 0 Å². The van der Waals surface area contributed by atoms with E-state index in [1.54, 1.807) is 0 Å². The molecule has 0 radical (unpaired) electrons. The van der Waals surface area contributed by atoms with E-state index in [-0.39, 0.29) is 5.54 Å². The number of nitrogens with zero attached hydrogens (tertiary/aromatic N) is 1. The van der Waals surface area contributed by atoms with E-state index in [4.69, 9.17) is 5.73 Å². The van der Waals surface area contributed by atoms with Gasteiger partial charge in [-0.2, -0.15) is 0 Å². The smallest absolute Gasteiger partial charge is 0.0109 e. The lowest BCUT2D eigenvalue weighted by Crippen LogP contribution is -2.36. The molecule has 1 rings (SSSR count). The van der Waals surface area contributed by atoms with Crippen molar-refractivity contribution in [3.05, 3.63) is 0 Å². The van der Waals surface area contributed by atoms with Crippen LogP contribution in [0.2, 0.25) is 0 Å². The molecule has 0 aromatic carbocycles. The zero-order chi connectivity index (χ0) is 10.6. The van der Waals surface area contributed by atoms with E-state index >= 15 is 0 Å². The van der Waals surface area contributed by atoms with Gasteiger partial charge in [-0.3, -0.25) is 0 Å². The first-order valence-electron chi connectivity index (χ1n) is 6.02. The Morgan fingerprint density at radius 1 is 1.43 bits per heavy atom. The molecule has 1 heterocycles. The predicted octanol–water partition coefficient (Wildman–Crippen LogP) is 2.24. The molecule has 2 N–H and O–H groups in total. The Kier molecular flexibility index (Phi) is 4.39. The summed E-state index contributed by atoms with van der Waals surface area (Å²) in [6.45, 7) is 10.3. The summed E-state index contributed by atoms with van der Waals surface area (Å²) in [5, 5.41) is 0. The van der Waals surface area contributed by atoms with Crippen LogP contribution in [0.5, 0.6) is 0 Å². The van der Waals surface area contributed by atoms with Gasteiger partial charge in [0.15, 0.2) is 0 Å². The molecule has 1 aliphatic heterocycles. The van der Waals surface area contributed by atoms with Crippen molar-refractivity contribution in [1.82, 2.24) is 4.90 Å². The number of hydrogen-bond donors (Lipinski definition) is 1. The van der Waals surface area contributed by atoms with Gasteiger partial charge in [-0.25, -0.2) is 0 Å². The summed E-state index contributed by atoms with van der Waals surface area (Å²) in [7, 11) is 0. The SMILES string of the molecule is CCCC1CCN(CCC(C)(C)N)C1. The van der Waals surface area contributed by atoms with Crippen molar-refractivity contribution in [1.29, 1.82) is 0 Å². The van der Waals surface area contributed by atoms with Crippen LogP contribution < -0.4 is 5.73 Å². The average Bonchev–Trinajstić information content (AvgIpc) is 2.49. The molecule has 2 nitrogen and oxygen atoms in total. The number of likely N-dealkylation sites (tertiary alicyclic amines) is 1. The standard InChI is InChI=1S/C12H26N2/c1-4-5-11-6-8-14(10-11)9-7-12(2,3)13/h11H,4-10,13H2,1-3H3. The molecule has 1 unspecified atom stereocenters. The van der Waals surface area contributed by atoms with E-state index < -0.39 is 0 Å². The van der Waals surface area contributed by atoms with Crippen LogP contribution in [-0.2, 0) is 0 Å².